The number of rotatable bonds is 4. The fourth-order valence-electron chi connectivity index (χ4n) is 2.72. The smallest absolute Gasteiger partial charge is 0.0750 e. The highest BCUT2D eigenvalue weighted by Gasteiger charge is 2.16. The fourth-order valence-corrected chi connectivity index (χ4v) is 2.91. The van der Waals surface area contributed by atoms with Crippen LogP contribution in [0.2, 0.25) is 5.02 Å². The van der Waals surface area contributed by atoms with Crippen molar-refractivity contribution >= 4 is 17.3 Å². The van der Waals surface area contributed by atoms with Crippen LogP contribution >= 0.6 is 11.6 Å². The summed E-state index contributed by atoms with van der Waals surface area (Å²) in [5.74, 6) is 0. The summed E-state index contributed by atoms with van der Waals surface area (Å²) in [5, 5.41) is 13.7. The Morgan fingerprint density at radius 1 is 1.10 bits per heavy atom. The van der Waals surface area contributed by atoms with E-state index in [1.54, 1.807) is 0 Å². The summed E-state index contributed by atoms with van der Waals surface area (Å²) >= 11 is 6.17. The van der Waals surface area contributed by atoms with Crippen LogP contribution in [0.3, 0.4) is 0 Å². The van der Waals surface area contributed by atoms with Crippen molar-refractivity contribution in [2.24, 2.45) is 0 Å². The van der Waals surface area contributed by atoms with Crippen molar-refractivity contribution in [3.63, 3.8) is 0 Å². The number of benzene rings is 2. The molecule has 0 fully saturated rings. The van der Waals surface area contributed by atoms with E-state index >= 15 is 0 Å². The van der Waals surface area contributed by atoms with Gasteiger partial charge in [0.25, 0.3) is 0 Å². The van der Waals surface area contributed by atoms with E-state index in [4.69, 9.17) is 11.6 Å². The third kappa shape index (κ3) is 3.14. The molecule has 2 aromatic carbocycles. The quantitative estimate of drug-likeness (QED) is 0.874. The summed E-state index contributed by atoms with van der Waals surface area (Å²) in [5.41, 5.74) is 5.58. The van der Waals surface area contributed by atoms with Crippen molar-refractivity contribution < 1.29 is 5.11 Å². The third-order valence-corrected chi connectivity index (χ3v) is 3.80. The predicted octanol–water partition coefficient (Wildman–Crippen LogP) is 4.41. The van der Waals surface area contributed by atoms with Gasteiger partial charge in [-0.05, 0) is 49.6 Å². The van der Waals surface area contributed by atoms with Gasteiger partial charge in [0.2, 0.25) is 0 Å². The maximum atomic E-state index is 9.74. The van der Waals surface area contributed by atoms with Crippen LogP contribution in [-0.2, 0) is 0 Å². The van der Waals surface area contributed by atoms with Gasteiger partial charge in [0, 0.05) is 0 Å². The van der Waals surface area contributed by atoms with Crippen molar-refractivity contribution in [1.82, 2.24) is 0 Å². The van der Waals surface area contributed by atoms with Crippen LogP contribution in [0.5, 0.6) is 0 Å². The number of para-hydroxylation sites is 1. The molecule has 0 spiro atoms. The molecule has 0 aliphatic heterocycles. The summed E-state index contributed by atoms with van der Waals surface area (Å²) in [6.07, 6.45) is 0. The van der Waals surface area contributed by atoms with E-state index in [0.29, 0.717) is 5.02 Å². The zero-order valence-corrected chi connectivity index (χ0v) is 12.8. The van der Waals surface area contributed by atoms with Crippen molar-refractivity contribution in [3.8, 4) is 0 Å². The molecule has 106 valence electrons. The summed E-state index contributed by atoms with van der Waals surface area (Å²) in [7, 11) is 0. The molecule has 0 heterocycles. The predicted molar refractivity (Wildman–Crippen MR) is 85.6 cm³/mol. The molecule has 0 aromatic heterocycles. The van der Waals surface area contributed by atoms with E-state index in [9.17, 15) is 5.11 Å². The van der Waals surface area contributed by atoms with Crippen molar-refractivity contribution in [2.45, 2.75) is 26.8 Å². The highest BCUT2D eigenvalue weighted by atomic mass is 35.5. The molecule has 2 aromatic rings. The summed E-state index contributed by atoms with van der Waals surface area (Å²) in [6.45, 7) is 6.26. The Labute approximate surface area is 125 Å². The van der Waals surface area contributed by atoms with Gasteiger partial charge < -0.3 is 10.4 Å². The summed E-state index contributed by atoms with van der Waals surface area (Å²) in [4.78, 5) is 0. The van der Waals surface area contributed by atoms with Gasteiger partial charge in [0.05, 0.1) is 23.4 Å². The van der Waals surface area contributed by atoms with E-state index in [2.05, 4.69) is 38.2 Å². The number of aliphatic hydroxyl groups is 1. The van der Waals surface area contributed by atoms with Crippen molar-refractivity contribution in [2.75, 3.05) is 11.9 Å². The van der Waals surface area contributed by atoms with E-state index in [0.717, 1.165) is 11.3 Å². The molecular formula is C17H20ClNO. The Balaban J connectivity index is 2.37. The van der Waals surface area contributed by atoms with Crippen LogP contribution in [0.4, 0.5) is 5.69 Å². The molecule has 2 nitrogen and oxygen atoms in total. The largest absolute Gasteiger partial charge is 0.394 e. The average molecular weight is 290 g/mol. The number of halogens is 1. The van der Waals surface area contributed by atoms with Crippen molar-refractivity contribution in [3.05, 3.63) is 63.7 Å². The fraction of sp³-hybridized carbons (Fsp3) is 0.294. The second kappa shape index (κ2) is 6.29. The molecule has 0 radical (unpaired) electrons. The number of hydrogen-bond acceptors (Lipinski definition) is 2. The highest BCUT2D eigenvalue weighted by molar-refractivity contribution is 6.33. The molecule has 20 heavy (non-hydrogen) atoms. The zero-order valence-electron chi connectivity index (χ0n) is 12.1. The molecule has 0 amide bonds. The van der Waals surface area contributed by atoms with Crippen LogP contribution < -0.4 is 5.32 Å². The van der Waals surface area contributed by atoms with Gasteiger partial charge in [-0.25, -0.2) is 0 Å². The average Bonchev–Trinajstić information content (AvgIpc) is 2.38. The Morgan fingerprint density at radius 2 is 1.70 bits per heavy atom. The number of nitrogens with one attached hydrogen (secondary N) is 1. The van der Waals surface area contributed by atoms with Gasteiger partial charge in [0.15, 0.2) is 0 Å². The number of aliphatic hydroxyl groups excluding tert-OH is 1. The number of hydrogen-bond donors (Lipinski definition) is 2. The third-order valence-electron chi connectivity index (χ3n) is 3.47. The van der Waals surface area contributed by atoms with Gasteiger partial charge >= 0.3 is 0 Å². The first-order valence-corrected chi connectivity index (χ1v) is 7.10. The second-order valence-corrected chi connectivity index (χ2v) is 5.58. The maximum Gasteiger partial charge on any atom is 0.0750 e. The van der Waals surface area contributed by atoms with Gasteiger partial charge in [-0.3, -0.25) is 0 Å². The lowest BCUT2D eigenvalue weighted by Gasteiger charge is -2.23. The first kappa shape index (κ1) is 14.9. The molecule has 0 bridgehead atoms. The topological polar surface area (TPSA) is 32.3 Å². The lowest BCUT2D eigenvalue weighted by atomic mass is 9.94. The summed E-state index contributed by atoms with van der Waals surface area (Å²) in [6, 6.07) is 11.7. The maximum absolute atomic E-state index is 9.74. The van der Waals surface area contributed by atoms with Crippen molar-refractivity contribution in [1.29, 1.82) is 0 Å². The molecule has 1 unspecified atom stereocenters. The summed E-state index contributed by atoms with van der Waals surface area (Å²) < 4.78 is 0. The molecule has 0 saturated carbocycles. The van der Waals surface area contributed by atoms with Gasteiger partial charge in [-0.1, -0.05) is 41.4 Å². The Kier molecular flexibility index (Phi) is 4.69. The number of anilines is 1. The second-order valence-electron chi connectivity index (χ2n) is 5.17. The SMILES string of the molecule is Cc1cc(C)c(C(CO)Nc2ccccc2Cl)c(C)c1. The Bertz CT molecular complexity index is 587. The van der Waals surface area contributed by atoms with Crippen LogP contribution in [-0.4, -0.2) is 11.7 Å². The molecule has 2 N–H and O–H groups in total. The van der Waals surface area contributed by atoms with Crippen LogP contribution in [0.1, 0.15) is 28.3 Å². The van der Waals surface area contributed by atoms with Crippen LogP contribution in [0.25, 0.3) is 0 Å². The molecule has 0 aliphatic rings. The molecule has 3 heteroatoms. The molecule has 2 rings (SSSR count). The first-order valence-electron chi connectivity index (χ1n) is 6.72. The van der Waals surface area contributed by atoms with E-state index < -0.39 is 0 Å². The van der Waals surface area contributed by atoms with E-state index in [1.165, 1.54) is 16.7 Å². The standard InChI is InChI=1S/C17H20ClNO/c1-11-8-12(2)17(13(3)9-11)16(10-20)19-15-7-5-4-6-14(15)18/h4-9,16,19-20H,10H2,1-3H3. The highest BCUT2D eigenvalue weighted by Crippen LogP contribution is 2.29. The van der Waals surface area contributed by atoms with Gasteiger partial charge in [-0.2, -0.15) is 0 Å². The van der Waals surface area contributed by atoms with Crippen LogP contribution in [0.15, 0.2) is 36.4 Å². The number of aryl methyl sites for hydroxylation is 3. The molecule has 0 saturated heterocycles. The van der Waals surface area contributed by atoms with Gasteiger partial charge in [-0.15, -0.1) is 0 Å². The molecule has 1 atom stereocenters. The first-order chi connectivity index (χ1) is 9.52. The monoisotopic (exact) mass is 289 g/mol. The van der Waals surface area contributed by atoms with E-state index in [-0.39, 0.29) is 12.6 Å². The minimum atomic E-state index is -0.157. The molecule has 0 aliphatic carbocycles. The Morgan fingerprint density at radius 3 is 2.25 bits per heavy atom. The lowest BCUT2D eigenvalue weighted by Crippen LogP contribution is -2.17. The van der Waals surface area contributed by atoms with Gasteiger partial charge in [0.1, 0.15) is 0 Å². The normalized spacial score (nSPS) is 12.2. The molecular weight excluding hydrogens is 270 g/mol. The Hall–Kier alpha value is -1.51. The van der Waals surface area contributed by atoms with Crippen LogP contribution in [0, 0.1) is 20.8 Å². The zero-order chi connectivity index (χ0) is 14.7. The minimum Gasteiger partial charge on any atom is -0.394 e. The minimum absolute atomic E-state index is 0.0238. The van der Waals surface area contributed by atoms with E-state index in [1.807, 2.05) is 24.3 Å². The lowest BCUT2D eigenvalue weighted by molar-refractivity contribution is 0.275.